The van der Waals surface area contributed by atoms with Gasteiger partial charge in [-0.3, -0.25) is 9.59 Å². The van der Waals surface area contributed by atoms with Crippen LogP contribution < -0.4 is 21.5 Å². The second-order valence-electron chi connectivity index (χ2n) is 8.01. The molecule has 1 fully saturated rings. The lowest BCUT2D eigenvalue weighted by Gasteiger charge is -2.28. The number of benzene rings is 2. The number of halogens is 3. The summed E-state index contributed by atoms with van der Waals surface area (Å²) in [5.74, 6) is -0.981. The summed E-state index contributed by atoms with van der Waals surface area (Å²) in [6.45, 7) is 0.883. The second-order valence-corrected chi connectivity index (χ2v) is 10.3. The highest BCUT2D eigenvalue weighted by Gasteiger charge is 2.37. The summed E-state index contributed by atoms with van der Waals surface area (Å²) in [5.41, 5.74) is 1.62. The maximum absolute atomic E-state index is 13.2. The molecule has 2 aromatic rings. The van der Waals surface area contributed by atoms with E-state index in [2.05, 4.69) is 10.5 Å². The summed E-state index contributed by atoms with van der Waals surface area (Å²) in [5, 5.41) is 6.20. The van der Waals surface area contributed by atoms with Gasteiger partial charge in [0.1, 0.15) is 5.57 Å². The van der Waals surface area contributed by atoms with Gasteiger partial charge in [-0.15, -0.1) is 0 Å². The van der Waals surface area contributed by atoms with Crippen LogP contribution in [0, 0.1) is 0 Å². The Kier molecular flexibility index (Phi) is 8.69. The number of ketones is 1. The number of hydrogen-bond donors (Lipinski definition) is 2. The van der Waals surface area contributed by atoms with Crippen molar-refractivity contribution in [2.75, 3.05) is 0 Å². The first-order valence-electron chi connectivity index (χ1n) is 10.8. The summed E-state index contributed by atoms with van der Waals surface area (Å²) in [4.78, 5) is 25.8. The van der Waals surface area contributed by atoms with Crippen LogP contribution in [0.25, 0.3) is 0 Å². The number of amides is 1. The highest BCUT2D eigenvalue weighted by Crippen LogP contribution is 2.35. The van der Waals surface area contributed by atoms with Crippen molar-refractivity contribution in [3.8, 4) is 0 Å². The van der Waals surface area contributed by atoms with E-state index in [-0.39, 0.29) is 17.3 Å². The Balaban J connectivity index is 2.04. The molecule has 0 spiro atoms. The molecule has 0 unspecified atom stereocenters. The minimum atomic E-state index is -2.01. The molecule has 0 bridgehead atoms. The molecule has 0 saturated heterocycles. The number of Topliss-reactive ketones (excluding diaryl/α,β-unsaturated/α-hetero) is 1. The average Bonchev–Trinajstić information content (AvgIpc) is 2.77. The lowest BCUT2D eigenvalue weighted by atomic mass is 9.50. The first-order chi connectivity index (χ1) is 15.3. The van der Waals surface area contributed by atoms with Crippen molar-refractivity contribution >= 4 is 64.3 Å². The molecule has 1 aliphatic rings. The van der Waals surface area contributed by atoms with E-state index in [1.807, 2.05) is 60.7 Å². The molecule has 4 nitrogen and oxygen atoms in total. The van der Waals surface area contributed by atoms with Gasteiger partial charge in [-0.05, 0) is 19.8 Å². The van der Waals surface area contributed by atoms with Gasteiger partial charge in [0, 0.05) is 6.04 Å². The molecule has 32 heavy (non-hydrogen) atoms. The highest BCUT2D eigenvalue weighted by molar-refractivity contribution is 6.84. The van der Waals surface area contributed by atoms with E-state index in [0.29, 0.717) is 0 Å². The molecular weight excluding hydrogens is 465 g/mol. The molecule has 0 heterocycles. The molecule has 0 aromatic heterocycles. The van der Waals surface area contributed by atoms with Crippen molar-refractivity contribution in [3.63, 3.8) is 0 Å². The van der Waals surface area contributed by atoms with Crippen molar-refractivity contribution < 1.29 is 9.59 Å². The summed E-state index contributed by atoms with van der Waals surface area (Å²) in [6, 6.07) is 19.2. The van der Waals surface area contributed by atoms with Crippen molar-refractivity contribution in [1.29, 1.82) is 0 Å². The van der Waals surface area contributed by atoms with Gasteiger partial charge < -0.3 is 10.5 Å². The summed E-state index contributed by atoms with van der Waals surface area (Å²) in [7, 11) is 0. The number of carbonyl (C=O) groups is 2. The third-order valence-electron chi connectivity index (χ3n) is 5.61. The van der Waals surface area contributed by atoms with Crippen molar-refractivity contribution in [1.82, 2.24) is 10.5 Å². The Bertz CT molecular complexity index is 917. The Morgan fingerprint density at radius 2 is 1.38 bits per heavy atom. The standard InChI is InChI=1S/C24H26BCl3N2O2/c1-17(31)21(23(32)29-20-15-9-4-10-16-20)22(24(26,27)28)30-25(18-11-5-2-6-12-18)19-13-7-3-8-14-19/h2-3,5-8,11-14,20,30H,4,9-10,15-16H2,1H3,(H,29,32)/b22-21-. The molecule has 3 rings (SSSR count). The summed E-state index contributed by atoms with van der Waals surface area (Å²) < 4.78 is -2.01. The second kappa shape index (κ2) is 11.3. The average molecular weight is 492 g/mol. The predicted octanol–water partition coefficient (Wildman–Crippen LogP) is 4.04. The quantitative estimate of drug-likeness (QED) is 0.202. The summed E-state index contributed by atoms with van der Waals surface area (Å²) in [6.07, 6.45) is 5.00. The Hall–Kier alpha value is -1.95. The first-order valence-corrected chi connectivity index (χ1v) is 11.9. The largest absolute Gasteiger partial charge is 0.419 e. The number of rotatable bonds is 7. The van der Waals surface area contributed by atoms with Gasteiger partial charge in [-0.2, -0.15) is 0 Å². The van der Waals surface area contributed by atoms with Crippen molar-refractivity contribution in [2.24, 2.45) is 0 Å². The van der Waals surface area contributed by atoms with Crippen LogP contribution in [0.2, 0.25) is 0 Å². The molecule has 0 radical (unpaired) electrons. The molecular formula is C24H26BCl3N2O2. The lowest BCUT2D eigenvalue weighted by molar-refractivity contribution is -0.122. The van der Waals surface area contributed by atoms with E-state index in [0.717, 1.165) is 43.0 Å². The van der Waals surface area contributed by atoms with Crippen LogP contribution in [0.3, 0.4) is 0 Å². The van der Waals surface area contributed by atoms with Gasteiger partial charge in [0.15, 0.2) is 5.78 Å². The van der Waals surface area contributed by atoms with Gasteiger partial charge in [0.2, 0.25) is 3.79 Å². The van der Waals surface area contributed by atoms with E-state index in [4.69, 9.17) is 34.8 Å². The number of alkyl halides is 3. The number of nitrogens with one attached hydrogen (secondary N) is 2. The van der Waals surface area contributed by atoms with Crippen LogP contribution in [0.1, 0.15) is 39.0 Å². The van der Waals surface area contributed by atoms with Crippen LogP contribution >= 0.6 is 34.8 Å². The van der Waals surface area contributed by atoms with Gasteiger partial charge >= 0.3 is 6.85 Å². The predicted molar refractivity (Wildman–Crippen MR) is 134 cm³/mol. The van der Waals surface area contributed by atoms with Crippen LogP contribution in [0.4, 0.5) is 0 Å². The molecule has 2 aromatic carbocycles. The Morgan fingerprint density at radius 1 is 0.875 bits per heavy atom. The van der Waals surface area contributed by atoms with E-state index >= 15 is 0 Å². The molecule has 2 N–H and O–H groups in total. The minimum absolute atomic E-state index is 0.0151. The number of carbonyl (C=O) groups excluding carboxylic acids is 2. The molecule has 0 aliphatic heterocycles. The smallest absolute Gasteiger partial charge is 0.320 e. The van der Waals surface area contributed by atoms with Crippen molar-refractivity contribution in [3.05, 3.63) is 71.9 Å². The topological polar surface area (TPSA) is 58.2 Å². The molecule has 1 aliphatic carbocycles. The third-order valence-corrected chi connectivity index (χ3v) is 6.17. The fourth-order valence-corrected chi connectivity index (χ4v) is 4.49. The summed E-state index contributed by atoms with van der Waals surface area (Å²) >= 11 is 19.0. The lowest BCUT2D eigenvalue weighted by Crippen LogP contribution is -2.56. The zero-order chi connectivity index (χ0) is 23.1. The third kappa shape index (κ3) is 6.54. The van der Waals surface area contributed by atoms with Crippen LogP contribution in [-0.4, -0.2) is 28.4 Å². The Morgan fingerprint density at radius 3 is 1.81 bits per heavy atom. The van der Waals surface area contributed by atoms with Gasteiger partial charge in [-0.1, -0.05) is 126 Å². The van der Waals surface area contributed by atoms with E-state index in [9.17, 15) is 9.59 Å². The van der Waals surface area contributed by atoms with E-state index < -0.39 is 22.3 Å². The van der Waals surface area contributed by atoms with Gasteiger partial charge in [0.05, 0.1) is 5.70 Å². The fraction of sp³-hybridized carbons (Fsp3) is 0.333. The van der Waals surface area contributed by atoms with Crippen LogP contribution in [0.5, 0.6) is 0 Å². The zero-order valence-corrected chi connectivity index (χ0v) is 20.2. The van der Waals surface area contributed by atoms with Gasteiger partial charge in [-0.25, -0.2) is 0 Å². The van der Waals surface area contributed by atoms with Gasteiger partial charge in [0.25, 0.3) is 5.91 Å². The van der Waals surface area contributed by atoms with E-state index in [1.54, 1.807) is 0 Å². The zero-order valence-electron chi connectivity index (χ0n) is 17.9. The molecule has 0 atom stereocenters. The normalized spacial score (nSPS) is 15.5. The number of hydrogen-bond acceptors (Lipinski definition) is 3. The molecule has 8 heteroatoms. The molecule has 1 saturated carbocycles. The van der Waals surface area contributed by atoms with Crippen LogP contribution in [-0.2, 0) is 9.59 Å². The first kappa shape index (κ1) is 24.7. The number of allylic oxidation sites excluding steroid dienone is 1. The van der Waals surface area contributed by atoms with Crippen molar-refractivity contribution in [2.45, 2.75) is 48.9 Å². The molecule has 1 amide bonds. The SMILES string of the molecule is CC(=O)/C(C(=O)NC1CCCCC1)=C(/NB(c1ccccc1)c1ccccc1)C(Cl)(Cl)Cl. The van der Waals surface area contributed by atoms with Crippen LogP contribution in [0.15, 0.2) is 71.9 Å². The Labute approximate surface area is 204 Å². The minimum Gasteiger partial charge on any atom is -0.419 e. The fourth-order valence-electron chi connectivity index (χ4n) is 4.04. The molecule has 168 valence electrons. The monoisotopic (exact) mass is 490 g/mol. The maximum atomic E-state index is 13.2. The van der Waals surface area contributed by atoms with E-state index in [1.165, 1.54) is 6.92 Å². The maximum Gasteiger partial charge on any atom is 0.320 e. The highest BCUT2D eigenvalue weighted by atomic mass is 35.6.